The topological polar surface area (TPSA) is 83.7 Å². The molecule has 3 aromatic carbocycles. The highest BCUT2D eigenvalue weighted by Crippen LogP contribution is 2.62. The van der Waals surface area contributed by atoms with Crippen LogP contribution in [-0.2, 0) is 16.8 Å². The summed E-state index contributed by atoms with van der Waals surface area (Å²) in [7, 11) is 1.57. The molecule has 1 fully saturated rings. The van der Waals surface area contributed by atoms with Crippen molar-refractivity contribution in [2.45, 2.75) is 51.0 Å². The van der Waals surface area contributed by atoms with Crippen molar-refractivity contribution in [3.8, 4) is 28.5 Å². The number of benzene rings is 3. The molecular formula is C32H27Cl3N2O5S. The van der Waals surface area contributed by atoms with Crippen molar-refractivity contribution in [1.82, 2.24) is 10.1 Å². The Balaban J connectivity index is 1.23. The second-order valence-electron chi connectivity index (χ2n) is 11.0. The van der Waals surface area contributed by atoms with E-state index in [-0.39, 0.29) is 23.9 Å². The fraction of sp³-hybridized carbons (Fsp3) is 0.281. The molecule has 0 saturated heterocycles. The molecule has 6 rings (SSSR count). The molecule has 2 aromatic heterocycles. The van der Waals surface area contributed by atoms with Crippen molar-refractivity contribution >= 4 is 62.8 Å². The summed E-state index contributed by atoms with van der Waals surface area (Å²) < 4.78 is 23.4. The lowest BCUT2D eigenvalue weighted by atomic mass is 10.0. The van der Waals surface area contributed by atoms with Gasteiger partial charge in [0.2, 0.25) is 0 Å². The van der Waals surface area contributed by atoms with Crippen molar-refractivity contribution in [2.75, 3.05) is 7.11 Å². The first-order chi connectivity index (χ1) is 20.6. The average Bonchev–Trinajstić information content (AvgIpc) is 3.29. The summed E-state index contributed by atoms with van der Waals surface area (Å²) in [5.41, 5.74) is 3.55. The van der Waals surface area contributed by atoms with Crippen molar-refractivity contribution in [1.29, 1.82) is 0 Å². The summed E-state index contributed by atoms with van der Waals surface area (Å²) >= 11 is 21.4. The van der Waals surface area contributed by atoms with E-state index in [4.69, 9.17) is 58.5 Å². The minimum Gasteiger partial charge on any atom is -0.494 e. The van der Waals surface area contributed by atoms with Crippen LogP contribution in [0.4, 0.5) is 0 Å². The Bertz CT molecular complexity index is 1830. The number of carbonyl (C=O) groups excluding carboxylic acids is 1. The third kappa shape index (κ3) is 5.46. The van der Waals surface area contributed by atoms with E-state index in [1.165, 1.54) is 0 Å². The number of halogens is 3. The van der Waals surface area contributed by atoms with Crippen LogP contribution in [0.2, 0.25) is 15.1 Å². The minimum atomic E-state index is -0.190. The lowest BCUT2D eigenvalue weighted by Crippen LogP contribution is -2.04. The van der Waals surface area contributed by atoms with Gasteiger partial charge in [0.1, 0.15) is 45.8 Å². The molecule has 2 heterocycles. The standard InChI is InChI=1S/C32H27Cl3N2O5S/c1-16(2)30-20(28(37-42-30)27-22(33)6-5-7-23(27)34)14-40-17-8-9-19(24(35)10-17)21-13-32(21,3)31-36-29-25(39-4)11-18(41-15-38)12-26(29)43-31/h5-12,15-16,21H,13-14H2,1-4H3. The van der Waals surface area contributed by atoms with Gasteiger partial charge in [-0.25, -0.2) is 4.98 Å². The van der Waals surface area contributed by atoms with Gasteiger partial charge < -0.3 is 18.7 Å². The van der Waals surface area contributed by atoms with Crippen LogP contribution in [0.1, 0.15) is 60.9 Å². The fourth-order valence-corrected chi connectivity index (χ4v) is 7.52. The monoisotopic (exact) mass is 656 g/mol. The quantitative estimate of drug-likeness (QED) is 0.138. The van der Waals surface area contributed by atoms with E-state index < -0.39 is 0 Å². The van der Waals surface area contributed by atoms with Crippen LogP contribution in [0, 0.1) is 0 Å². The zero-order chi connectivity index (χ0) is 30.5. The third-order valence-corrected chi connectivity index (χ3v) is 10.1. The number of aromatic nitrogens is 2. The molecule has 2 unspecified atom stereocenters. The summed E-state index contributed by atoms with van der Waals surface area (Å²) in [6.45, 7) is 6.85. The predicted octanol–water partition coefficient (Wildman–Crippen LogP) is 9.60. The number of thiazole rings is 1. The number of fused-ring (bicyclic) bond motifs is 1. The number of hydrogen-bond acceptors (Lipinski definition) is 8. The van der Waals surface area contributed by atoms with Crippen LogP contribution in [0.5, 0.6) is 17.2 Å². The SMILES string of the molecule is COc1cc(OC=O)cc2sc(C3(C)CC3c3ccc(OCc4c(-c5c(Cl)cccc5Cl)noc4C(C)C)cc3Cl)nc12. The first-order valence-electron chi connectivity index (χ1n) is 13.6. The summed E-state index contributed by atoms with van der Waals surface area (Å²) in [6.07, 6.45) is 0.896. The fourth-order valence-electron chi connectivity index (χ4n) is 5.42. The molecule has 1 aliphatic carbocycles. The largest absolute Gasteiger partial charge is 0.494 e. The maximum absolute atomic E-state index is 10.9. The molecule has 222 valence electrons. The van der Waals surface area contributed by atoms with Crippen molar-refractivity contribution in [2.24, 2.45) is 0 Å². The molecule has 0 bridgehead atoms. The highest BCUT2D eigenvalue weighted by molar-refractivity contribution is 7.18. The predicted molar refractivity (Wildman–Crippen MR) is 169 cm³/mol. The Labute approximate surface area is 267 Å². The van der Waals surface area contributed by atoms with Gasteiger partial charge in [-0.15, -0.1) is 11.3 Å². The second kappa shape index (κ2) is 11.7. The van der Waals surface area contributed by atoms with Crippen LogP contribution in [0.25, 0.3) is 21.5 Å². The maximum atomic E-state index is 10.9. The molecule has 0 amide bonds. The number of methoxy groups -OCH3 is 1. The van der Waals surface area contributed by atoms with Crippen molar-refractivity contribution < 1.29 is 23.5 Å². The first-order valence-corrected chi connectivity index (χ1v) is 15.5. The van der Waals surface area contributed by atoms with Crippen molar-refractivity contribution in [3.63, 3.8) is 0 Å². The summed E-state index contributed by atoms with van der Waals surface area (Å²) in [4.78, 5) is 15.8. The first kappa shape index (κ1) is 29.8. The van der Waals surface area contributed by atoms with Gasteiger partial charge in [0, 0.05) is 34.1 Å². The van der Waals surface area contributed by atoms with E-state index in [0.717, 1.165) is 32.8 Å². The molecule has 0 spiro atoms. The van der Waals surface area contributed by atoms with Crippen molar-refractivity contribution in [3.05, 3.63) is 85.5 Å². The van der Waals surface area contributed by atoms with Gasteiger partial charge in [-0.1, -0.05) is 72.9 Å². The molecule has 1 aliphatic rings. The Kier molecular flexibility index (Phi) is 8.07. The molecule has 1 saturated carbocycles. The van der Waals surface area contributed by atoms with Gasteiger partial charge in [0.05, 0.1) is 27.4 Å². The third-order valence-electron chi connectivity index (χ3n) is 7.84. The number of carbonyl (C=O) groups is 1. The van der Waals surface area contributed by atoms with Gasteiger partial charge >= 0.3 is 0 Å². The van der Waals surface area contributed by atoms with Gasteiger partial charge in [0.25, 0.3) is 6.47 Å². The highest BCUT2D eigenvalue weighted by atomic mass is 35.5. The van der Waals surface area contributed by atoms with E-state index in [0.29, 0.717) is 55.8 Å². The number of hydrogen-bond donors (Lipinski definition) is 0. The Morgan fingerprint density at radius 1 is 1.09 bits per heavy atom. The smallest absolute Gasteiger partial charge is 0.298 e. The lowest BCUT2D eigenvalue weighted by molar-refractivity contribution is -0.120. The van der Waals surface area contributed by atoms with E-state index in [1.807, 2.05) is 32.0 Å². The van der Waals surface area contributed by atoms with E-state index in [1.54, 1.807) is 48.8 Å². The second-order valence-corrected chi connectivity index (χ2v) is 13.2. The molecule has 11 heteroatoms. The van der Waals surface area contributed by atoms with Crippen LogP contribution < -0.4 is 14.2 Å². The van der Waals surface area contributed by atoms with Crippen LogP contribution >= 0.6 is 46.1 Å². The zero-order valence-electron chi connectivity index (χ0n) is 23.7. The summed E-state index contributed by atoms with van der Waals surface area (Å²) in [6, 6.07) is 14.6. The van der Waals surface area contributed by atoms with Crippen LogP contribution in [-0.4, -0.2) is 23.7 Å². The van der Waals surface area contributed by atoms with Gasteiger partial charge in [-0.05, 0) is 42.2 Å². The van der Waals surface area contributed by atoms with E-state index in [9.17, 15) is 4.79 Å². The van der Waals surface area contributed by atoms with E-state index in [2.05, 4.69) is 12.1 Å². The summed E-state index contributed by atoms with van der Waals surface area (Å²) in [5, 5.41) is 6.87. The molecular weight excluding hydrogens is 631 g/mol. The molecule has 0 radical (unpaired) electrons. The lowest BCUT2D eigenvalue weighted by Gasteiger charge is -2.13. The molecule has 0 N–H and O–H groups in total. The number of ether oxygens (including phenoxy) is 3. The average molecular weight is 658 g/mol. The molecule has 0 aliphatic heterocycles. The molecule has 2 atom stereocenters. The molecule has 43 heavy (non-hydrogen) atoms. The molecule has 7 nitrogen and oxygen atoms in total. The Morgan fingerprint density at radius 2 is 1.86 bits per heavy atom. The normalized spacial score (nSPS) is 17.8. The Morgan fingerprint density at radius 3 is 2.53 bits per heavy atom. The van der Waals surface area contributed by atoms with Gasteiger partial charge in [-0.2, -0.15) is 0 Å². The van der Waals surface area contributed by atoms with Crippen LogP contribution in [0.3, 0.4) is 0 Å². The van der Waals surface area contributed by atoms with E-state index >= 15 is 0 Å². The maximum Gasteiger partial charge on any atom is 0.298 e. The van der Waals surface area contributed by atoms with Gasteiger partial charge in [0.15, 0.2) is 0 Å². The summed E-state index contributed by atoms with van der Waals surface area (Å²) in [5.74, 6) is 2.57. The minimum absolute atomic E-state index is 0.0752. The zero-order valence-corrected chi connectivity index (χ0v) is 26.8. The number of rotatable bonds is 10. The molecule has 5 aromatic rings. The highest BCUT2D eigenvalue weighted by Gasteiger charge is 2.55. The van der Waals surface area contributed by atoms with Crippen LogP contribution in [0.15, 0.2) is 53.1 Å². The number of nitrogens with zero attached hydrogens (tertiary/aromatic N) is 2. The van der Waals surface area contributed by atoms with Gasteiger partial charge in [-0.3, -0.25) is 4.79 Å². The Hall–Kier alpha value is -3.30.